The summed E-state index contributed by atoms with van der Waals surface area (Å²) < 4.78 is 4.24. The maximum atomic E-state index is 6.05. The van der Waals surface area contributed by atoms with Crippen LogP contribution in [-0.2, 0) is 13.6 Å². The number of aromatic nitrogens is 6. The van der Waals surface area contributed by atoms with Crippen LogP contribution in [0.4, 0.5) is 0 Å². The van der Waals surface area contributed by atoms with E-state index in [9.17, 15) is 0 Å². The van der Waals surface area contributed by atoms with Crippen LogP contribution in [0.1, 0.15) is 13.8 Å². The fourth-order valence-electron chi connectivity index (χ4n) is 2.46. The van der Waals surface area contributed by atoms with Crippen molar-refractivity contribution in [1.82, 2.24) is 29.5 Å². The molecule has 0 saturated heterocycles. The monoisotopic (exact) mass is 382 g/mol. The molecule has 6 nitrogen and oxygen atoms in total. The highest BCUT2D eigenvalue weighted by atomic mass is 35.5. The van der Waals surface area contributed by atoms with Crippen LogP contribution in [-0.4, -0.2) is 29.5 Å². The molecule has 0 aromatic carbocycles. The topological polar surface area (TPSA) is 64.3 Å². The minimum Gasteiger partial charge on any atom is -0.303 e. The average molecular weight is 383 g/mol. The van der Waals surface area contributed by atoms with Crippen LogP contribution >= 0.6 is 35.4 Å². The highest BCUT2D eigenvalue weighted by molar-refractivity contribution is 7.71. The van der Waals surface area contributed by atoms with Crippen LogP contribution in [0.25, 0.3) is 22.6 Å². The predicted octanol–water partition coefficient (Wildman–Crippen LogP) is 4.37. The van der Waals surface area contributed by atoms with Crippen LogP contribution in [0.2, 0.25) is 10.3 Å². The summed E-state index contributed by atoms with van der Waals surface area (Å²) in [5, 5.41) is 12.5. The minimum absolute atomic E-state index is 0.317. The molecule has 126 valence electrons. The Morgan fingerprint density at radius 2 is 1.92 bits per heavy atom. The lowest BCUT2D eigenvalue weighted by atomic mass is 10.1. The molecule has 0 aliphatic rings. The van der Waals surface area contributed by atoms with Gasteiger partial charge in [0.1, 0.15) is 16.0 Å². The van der Waals surface area contributed by atoms with E-state index >= 15 is 0 Å². The number of rotatable bonds is 4. The fraction of sp³-hybridized carbons (Fsp3) is 0.333. The Kier molecular flexibility index (Phi) is 4.76. The molecule has 3 aromatic rings. The first-order valence-electron chi connectivity index (χ1n) is 7.38. The van der Waals surface area contributed by atoms with Crippen molar-refractivity contribution in [3.63, 3.8) is 0 Å². The standard InChI is InChI=1S/C15H16Cl2N6S/c1-8(2)6-23-7-10(14-19-20-15(24)22(14)3)13(21-23)9-4-11(16)18-12(17)5-9/h4-5,7-8H,6H2,1-3H3,(H,20,24). The van der Waals surface area contributed by atoms with E-state index in [1.807, 2.05) is 17.9 Å². The Balaban J connectivity index is 2.21. The van der Waals surface area contributed by atoms with Crippen molar-refractivity contribution < 1.29 is 0 Å². The highest BCUT2D eigenvalue weighted by Gasteiger charge is 2.19. The quantitative estimate of drug-likeness (QED) is 0.537. The van der Waals surface area contributed by atoms with Crippen LogP contribution in [0.5, 0.6) is 0 Å². The number of halogens is 2. The summed E-state index contributed by atoms with van der Waals surface area (Å²) in [5.41, 5.74) is 2.37. The van der Waals surface area contributed by atoms with Crippen molar-refractivity contribution in [3.8, 4) is 22.6 Å². The third-order valence-electron chi connectivity index (χ3n) is 3.47. The maximum absolute atomic E-state index is 6.05. The van der Waals surface area contributed by atoms with Gasteiger partial charge in [0.25, 0.3) is 0 Å². The normalized spacial score (nSPS) is 11.4. The maximum Gasteiger partial charge on any atom is 0.195 e. The van der Waals surface area contributed by atoms with Gasteiger partial charge < -0.3 is 4.57 Å². The SMILES string of the molecule is CC(C)Cn1cc(-c2n[nH]c(=S)n2C)c(-c2cc(Cl)nc(Cl)c2)n1. The zero-order chi connectivity index (χ0) is 17.4. The summed E-state index contributed by atoms with van der Waals surface area (Å²) >= 11 is 17.3. The first-order chi connectivity index (χ1) is 11.3. The second-order valence-corrected chi connectivity index (χ2v) is 7.08. The predicted molar refractivity (Wildman–Crippen MR) is 97.7 cm³/mol. The summed E-state index contributed by atoms with van der Waals surface area (Å²) in [4.78, 5) is 3.99. The van der Waals surface area contributed by atoms with E-state index in [1.54, 1.807) is 16.7 Å². The van der Waals surface area contributed by atoms with Gasteiger partial charge in [-0.25, -0.2) is 4.98 Å². The van der Waals surface area contributed by atoms with Gasteiger partial charge in [-0.15, -0.1) is 0 Å². The Labute approximate surface area is 154 Å². The van der Waals surface area contributed by atoms with Crippen LogP contribution in [0.3, 0.4) is 0 Å². The number of pyridine rings is 1. The van der Waals surface area contributed by atoms with Gasteiger partial charge in [-0.05, 0) is 30.3 Å². The summed E-state index contributed by atoms with van der Waals surface area (Å²) in [6, 6.07) is 3.47. The fourth-order valence-corrected chi connectivity index (χ4v) is 3.05. The van der Waals surface area contributed by atoms with E-state index in [-0.39, 0.29) is 0 Å². The molecule has 0 spiro atoms. The van der Waals surface area contributed by atoms with Crippen LogP contribution < -0.4 is 0 Å². The van der Waals surface area contributed by atoms with Gasteiger partial charge in [0.05, 0.1) is 5.56 Å². The molecule has 0 atom stereocenters. The van der Waals surface area contributed by atoms with Crippen molar-refractivity contribution in [2.45, 2.75) is 20.4 Å². The van der Waals surface area contributed by atoms with Crippen molar-refractivity contribution in [2.24, 2.45) is 13.0 Å². The molecule has 24 heavy (non-hydrogen) atoms. The second kappa shape index (κ2) is 6.66. The molecule has 0 amide bonds. The molecule has 0 bridgehead atoms. The molecule has 3 aromatic heterocycles. The van der Waals surface area contributed by atoms with E-state index in [0.717, 1.165) is 23.4 Å². The zero-order valence-corrected chi connectivity index (χ0v) is 15.7. The summed E-state index contributed by atoms with van der Waals surface area (Å²) in [7, 11) is 1.86. The van der Waals surface area contributed by atoms with Crippen LogP contribution in [0.15, 0.2) is 18.3 Å². The van der Waals surface area contributed by atoms with Gasteiger partial charge in [-0.3, -0.25) is 9.78 Å². The average Bonchev–Trinajstić information content (AvgIpc) is 3.02. The molecule has 3 heterocycles. The molecule has 0 saturated carbocycles. The second-order valence-electron chi connectivity index (χ2n) is 5.92. The molecule has 0 aliphatic carbocycles. The van der Waals surface area contributed by atoms with Gasteiger partial charge in [-0.1, -0.05) is 37.0 Å². The van der Waals surface area contributed by atoms with Crippen molar-refractivity contribution >= 4 is 35.4 Å². The highest BCUT2D eigenvalue weighted by Crippen LogP contribution is 2.32. The summed E-state index contributed by atoms with van der Waals surface area (Å²) in [6.07, 6.45) is 1.96. The van der Waals surface area contributed by atoms with E-state index in [0.29, 0.717) is 26.8 Å². The number of aromatic amines is 1. The molecule has 1 N–H and O–H groups in total. The lowest BCUT2D eigenvalue weighted by molar-refractivity contribution is 0.484. The smallest absolute Gasteiger partial charge is 0.195 e. The van der Waals surface area contributed by atoms with E-state index in [2.05, 4.69) is 29.0 Å². The lowest BCUT2D eigenvalue weighted by Crippen LogP contribution is -2.04. The Morgan fingerprint density at radius 1 is 1.25 bits per heavy atom. The van der Waals surface area contributed by atoms with Gasteiger partial charge in [-0.2, -0.15) is 10.2 Å². The first-order valence-corrected chi connectivity index (χ1v) is 8.54. The van der Waals surface area contributed by atoms with Gasteiger partial charge in [0.2, 0.25) is 0 Å². The number of nitrogens with zero attached hydrogens (tertiary/aromatic N) is 5. The molecule has 0 radical (unpaired) electrons. The Hall–Kier alpha value is -1.70. The van der Waals surface area contributed by atoms with Crippen molar-refractivity contribution in [1.29, 1.82) is 0 Å². The molecule has 0 unspecified atom stereocenters. The van der Waals surface area contributed by atoms with Gasteiger partial charge in [0, 0.05) is 25.4 Å². The number of hydrogen-bond donors (Lipinski definition) is 1. The van der Waals surface area contributed by atoms with Gasteiger partial charge in [0.15, 0.2) is 10.6 Å². The largest absolute Gasteiger partial charge is 0.303 e. The summed E-state index contributed by atoms with van der Waals surface area (Å²) in [6.45, 7) is 5.06. The minimum atomic E-state index is 0.317. The van der Waals surface area contributed by atoms with Crippen molar-refractivity contribution in [2.75, 3.05) is 0 Å². The summed E-state index contributed by atoms with van der Waals surface area (Å²) in [5.74, 6) is 1.16. The first kappa shape index (κ1) is 17.1. The van der Waals surface area contributed by atoms with Gasteiger partial charge >= 0.3 is 0 Å². The lowest BCUT2D eigenvalue weighted by Gasteiger charge is -2.04. The Morgan fingerprint density at radius 3 is 2.46 bits per heavy atom. The van der Waals surface area contributed by atoms with E-state index in [1.165, 1.54) is 0 Å². The van der Waals surface area contributed by atoms with E-state index in [4.69, 9.17) is 40.5 Å². The third-order valence-corrected chi connectivity index (χ3v) is 4.22. The number of hydrogen-bond acceptors (Lipinski definition) is 4. The van der Waals surface area contributed by atoms with Crippen molar-refractivity contribution in [3.05, 3.63) is 33.4 Å². The number of nitrogens with one attached hydrogen (secondary N) is 1. The molecule has 9 heteroatoms. The molecule has 0 fully saturated rings. The molecule has 0 aliphatic heterocycles. The zero-order valence-electron chi connectivity index (χ0n) is 13.4. The molecular weight excluding hydrogens is 367 g/mol. The number of H-pyrrole nitrogens is 1. The molecule has 3 rings (SSSR count). The van der Waals surface area contributed by atoms with E-state index < -0.39 is 0 Å². The molecular formula is C15H16Cl2N6S. The van der Waals surface area contributed by atoms with Crippen LogP contribution in [0, 0.1) is 10.7 Å². The third kappa shape index (κ3) is 3.38. The Bertz CT molecular complexity index is 920.